The second-order valence-electron chi connectivity index (χ2n) is 19.7. The molecule has 16 aromatic rings. The molecule has 0 amide bonds. The van der Waals surface area contributed by atoms with Gasteiger partial charge in [0, 0.05) is 89.7 Å². The highest BCUT2D eigenvalue weighted by Crippen LogP contribution is 2.49. The van der Waals surface area contributed by atoms with Gasteiger partial charge >= 0.3 is 0 Å². The molecule has 0 aliphatic heterocycles. The molecule has 78 heavy (non-hydrogen) atoms. The molecule has 362 valence electrons. The summed E-state index contributed by atoms with van der Waals surface area (Å²) >= 11 is 3.71. The van der Waals surface area contributed by atoms with Crippen LogP contribution in [0.3, 0.4) is 0 Å². The molecule has 11 aromatic carbocycles. The lowest BCUT2D eigenvalue weighted by molar-refractivity contribution is 1.07. The van der Waals surface area contributed by atoms with E-state index in [1.807, 2.05) is 102 Å². The number of aromatic nitrogens is 5. The molecule has 0 saturated carbocycles. The number of thiophene rings is 2. The molecule has 0 aliphatic rings. The molecular weight excluding hydrogens is 989 g/mol. The fourth-order valence-electron chi connectivity index (χ4n) is 12.0. The van der Waals surface area contributed by atoms with Crippen molar-refractivity contribution >= 4 is 107 Å². The number of nitriles is 1. The Morgan fingerprint density at radius 1 is 0.321 bits per heavy atom. The van der Waals surface area contributed by atoms with Crippen LogP contribution >= 0.6 is 22.7 Å². The third-order valence-electron chi connectivity index (χ3n) is 15.4. The largest absolute Gasteiger partial charge is 0.309 e. The Hall–Kier alpha value is -10.0. The van der Waals surface area contributed by atoms with Gasteiger partial charge < -0.3 is 9.13 Å². The summed E-state index contributed by atoms with van der Waals surface area (Å²) in [5, 5.41) is 20.5. The van der Waals surface area contributed by atoms with Crippen molar-refractivity contribution in [1.82, 2.24) is 24.1 Å². The van der Waals surface area contributed by atoms with E-state index in [1.165, 1.54) is 61.9 Å². The van der Waals surface area contributed by atoms with Crippen LogP contribution in [-0.4, -0.2) is 24.1 Å². The molecule has 6 nitrogen and oxygen atoms in total. The van der Waals surface area contributed by atoms with Crippen LogP contribution in [0.5, 0.6) is 0 Å². The van der Waals surface area contributed by atoms with Crippen molar-refractivity contribution in [3.8, 4) is 73.9 Å². The van der Waals surface area contributed by atoms with Gasteiger partial charge in [-0.1, -0.05) is 170 Å². The Labute approximate surface area is 455 Å². The van der Waals surface area contributed by atoms with Crippen molar-refractivity contribution < 1.29 is 0 Å². The van der Waals surface area contributed by atoms with E-state index in [1.54, 1.807) is 0 Å². The summed E-state index contributed by atoms with van der Waals surface area (Å²) in [4.78, 5) is 15.7. The van der Waals surface area contributed by atoms with Crippen LogP contribution in [0.2, 0.25) is 0 Å². The first-order valence-corrected chi connectivity index (χ1v) is 27.6. The minimum absolute atomic E-state index is 0.557. The van der Waals surface area contributed by atoms with Crippen LogP contribution in [0, 0.1) is 11.3 Å². The van der Waals surface area contributed by atoms with E-state index in [9.17, 15) is 5.26 Å². The Morgan fingerprint density at radius 3 is 1.27 bits per heavy atom. The van der Waals surface area contributed by atoms with Gasteiger partial charge in [-0.25, -0.2) is 15.0 Å². The highest BCUT2D eigenvalue weighted by atomic mass is 32.1. The molecule has 5 heterocycles. The van der Waals surface area contributed by atoms with Crippen LogP contribution in [0.15, 0.2) is 243 Å². The minimum atomic E-state index is 0.557. The standard InChI is InChI=1S/C70H40N6S2/c71-41-46-21-7-8-22-47(46)44-31-35-58(75-56-27-13-9-25-52(56)64-60(75)37-33-50-48-23-11-15-29-62(48)77-66(50)64)54(39-44)55-40-45(70-73-68(42-17-3-1-4-18-42)72-69(74-70)43-19-5-2-6-20-43)32-36-59(55)76-57-28-14-10-26-53(57)65-61(76)38-34-51-49-24-12-16-30-63(49)78-67(51)65/h1-40H. The highest BCUT2D eigenvalue weighted by molar-refractivity contribution is 7.27. The summed E-state index contributed by atoms with van der Waals surface area (Å²) in [7, 11) is 0. The molecule has 0 aliphatic carbocycles. The molecule has 0 radical (unpaired) electrons. The van der Waals surface area contributed by atoms with Crippen molar-refractivity contribution in [2.75, 3.05) is 0 Å². The van der Waals surface area contributed by atoms with E-state index < -0.39 is 0 Å². The monoisotopic (exact) mass is 1030 g/mol. The third-order valence-corrected chi connectivity index (χ3v) is 17.8. The van der Waals surface area contributed by atoms with Crippen molar-refractivity contribution in [3.63, 3.8) is 0 Å². The number of nitrogens with zero attached hydrogens (tertiary/aromatic N) is 6. The van der Waals surface area contributed by atoms with Crippen LogP contribution in [0.4, 0.5) is 0 Å². The summed E-state index contributed by atoms with van der Waals surface area (Å²) in [6.07, 6.45) is 0. The van der Waals surface area contributed by atoms with Crippen LogP contribution in [0.25, 0.3) is 152 Å². The molecule has 8 heteroatoms. The molecule has 0 saturated heterocycles. The van der Waals surface area contributed by atoms with Crippen molar-refractivity contribution in [2.24, 2.45) is 0 Å². The number of hydrogen-bond donors (Lipinski definition) is 0. The topological polar surface area (TPSA) is 72.3 Å². The van der Waals surface area contributed by atoms with Gasteiger partial charge in [0.25, 0.3) is 0 Å². The number of para-hydroxylation sites is 2. The normalized spacial score (nSPS) is 11.8. The lowest BCUT2D eigenvalue weighted by Crippen LogP contribution is -2.04. The zero-order chi connectivity index (χ0) is 51.4. The maximum Gasteiger partial charge on any atom is 0.164 e. The molecule has 0 bridgehead atoms. The summed E-state index contributed by atoms with van der Waals surface area (Å²) in [5.41, 5.74) is 13.4. The first kappa shape index (κ1) is 44.3. The summed E-state index contributed by atoms with van der Waals surface area (Å²) < 4.78 is 9.98. The van der Waals surface area contributed by atoms with Gasteiger partial charge in [-0.15, -0.1) is 22.7 Å². The zero-order valence-electron chi connectivity index (χ0n) is 41.6. The first-order valence-electron chi connectivity index (χ1n) is 26.0. The van der Waals surface area contributed by atoms with Crippen LogP contribution in [0.1, 0.15) is 5.56 Å². The number of hydrogen-bond acceptors (Lipinski definition) is 6. The van der Waals surface area contributed by atoms with Gasteiger partial charge in [0.15, 0.2) is 17.5 Å². The maximum absolute atomic E-state index is 10.6. The third kappa shape index (κ3) is 6.76. The first-order chi connectivity index (χ1) is 38.6. The van der Waals surface area contributed by atoms with Crippen molar-refractivity contribution in [2.45, 2.75) is 0 Å². The van der Waals surface area contributed by atoms with Gasteiger partial charge in [0.05, 0.1) is 45.1 Å². The van der Waals surface area contributed by atoms with Gasteiger partial charge in [-0.3, -0.25) is 0 Å². The molecule has 0 spiro atoms. The summed E-state index contributed by atoms with van der Waals surface area (Å²) in [6.45, 7) is 0. The lowest BCUT2D eigenvalue weighted by Gasteiger charge is -2.21. The molecule has 0 atom stereocenters. The van der Waals surface area contributed by atoms with Crippen LogP contribution in [-0.2, 0) is 0 Å². The molecule has 0 unspecified atom stereocenters. The predicted molar refractivity (Wildman–Crippen MR) is 326 cm³/mol. The lowest BCUT2D eigenvalue weighted by atomic mass is 9.93. The van der Waals surface area contributed by atoms with E-state index >= 15 is 0 Å². The fraction of sp³-hybridized carbons (Fsp3) is 0. The van der Waals surface area contributed by atoms with Crippen molar-refractivity contribution in [3.05, 3.63) is 248 Å². The Balaban J connectivity index is 1.05. The van der Waals surface area contributed by atoms with E-state index in [0.717, 1.165) is 72.4 Å². The van der Waals surface area contributed by atoms with E-state index in [0.29, 0.717) is 23.0 Å². The minimum Gasteiger partial charge on any atom is -0.309 e. The summed E-state index contributed by atoms with van der Waals surface area (Å²) in [6, 6.07) is 88.5. The van der Waals surface area contributed by atoms with Crippen LogP contribution < -0.4 is 0 Å². The number of benzene rings is 11. The fourth-order valence-corrected chi connectivity index (χ4v) is 14.5. The molecule has 0 N–H and O–H groups in total. The molecule has 16 rings (SSSR count). The summed E-state index contributed by atoms with van der Waals surface area (Å²) in [5.74, 6) is 1.74. The SMILES string of the molecule is N#Cc1ccccc1-c1ccc(-n2c3ccccc3c3c4sc5ccccc5c4ccc32)c(-c2cc(-c3nc(-c4ccccc4)nc(-c4ccccc4)n3)ccc2-n2c3ccccc3c3c4sc5ccccc5c4ccc32)c1. The average molecular weight is 1030 g/mol. The van der Waals surface area contributed by atoms with E-state index in [-0.39, 0.29) is 0 Å². The highest BCUT2D eigenvalue weighted by Gasteiger charge is 2.26. The average Bonchev–Trinajstić information content (AvgIpc) is 4.10. The Bertz CT molecular complexity index is 5120. The Kier molecular flexibility index (Phi) is 9.94. The molecule has 0 fully saturated rings. The molecule has 5 aromatic heterocycles. The van der Waals surface area contributed by atoms with Gasteiger partial charge in [0.1, 0.15) is 0 Å². The second kappa shape index (κ2) is 17.5. The van der Waals surface area contributed by atoms with Gasteiger partial charge in [0.2, 0.25) is 0 Å². The predicted octanol–water partition coefficient (Wildman–Crippen LogP) is 19.0. The Morgan fingerprint density at radius 2 is 0.744 bits per heavy atom. The second-order valence-corrected chi connectivity index (χ2v) is 21.8. The zero-order valence-corrected chi connectivity index (χ0v) is 43.2. The smallest absolute Gasteiger partial charge is 0.164 e. The quantitative estimate of drug-likeness (QED) is 0.159. The van der Waals surface area contributed by atoms with E-state index in [2.05, 4.69) is 179 Å². The van der Waals surface area contributed by atoms with Gasteiger partial charge in [-0.2, -0.15) is 5.26 Å². The van der Waals surface area contributed by atoms with E-state index in [4.69, 9.17) is 15.0 Å². The maximum atomic E-state index is 10.6. The van der Waals surface area contributed by atoms with Gasteiger partial charge in [-0.05, 0) is 83.9 Å². The number of fused-ring (bicyclic) bond motifs is 14. The van der Waals surface area contributed by atoms with Crippen molar-refractivity contribution in [1.29, 1.82) is 5.26 Å². The molecular formula is C70H40N6S2. The number of rotatable bonds is 7.